The van der Waals surface area contributed by atoms with Gasteiger partial charge in [0.2, 0.25) is 5.89 Å². The molecule has 3 aromatic carbocycles. The summed E-state index contributed by atoms with van der Waals surface area (Å²) in [5.74, 6) is 0.261. The van der Waals surface area contributed by atoms with Crippen LogP contribution >= 0.6 is 34.5 Å². The van der Waals surface area contributed by atoms with Crippen molar-refractivity contribution in [3.8, 4) is 11.5 Å². The van der Waals surface area contributed by atoms with E-state index in [1.807, 2.05) is 18.2 Å². The van der Waals surface area contributed by atoms with Crippen molar-refractivity contribution in [1.29, 1.82) is 0 Å². The number of carbonyl (C=O) groups is 1. The topological polar surface area (TPSA) is 55.1 Å². The van der Waals surface area contributed by atoms with Gasteiger partial charge < -0.3 is 9.73 Å². The molecule has 0 spiro atoms. The van der Waals surface area contributed by atoms with Gasteiger partial charge in [-0.15, -0.1) is 11.3 Å². The smallest absolute Gasteiger partial charge is 0.267 e. The molecule has 4 nitrogen and oxygen atoms in total. The fourth-order valence-corrected chi connectivity index (χ4v) is 5.30. The first kappa shape index (κ1) is 22.0. The van der Waals surface area contributed by atoms with Crippen LogP contribution in [0.1, 0.15) is 36.0 Å². The predicted molar refractivity (Wildman–Crippen MR) is 138 cm³/mol. The normalized spacial score (nSPS) is 11.9. The number of halogens is 2. The van der Waals surface area contributed by atoms with Crippen molar-refractivity contribution in [2.45, 2.75) is 26.2 Å². The molecule has 0 fully saturated rings. The van der Waals surface area contributed by atoms with Gasteiger partial charge in [0.15, 0.2) is 5.58 Å². The Morgan fingerprint density at radius 1 is 1.00 bits per heavy atom. The van der Waals surface area contributed by atoms with Crippen molar-refractivity contribution >= 4 is 67.3 Å². The Labute approximate surface area is 205 Å². The number of fused-ring (bicyclic) bond motifs is 2. The number of nitrogens with zero attached hydrogens (tertiary/aromatic N) is 1. The van der Waals surface area contributed by atoms with Crippen molar-refractivity contribution in [3.05, 3.63) is 81.1 Å². The highest BCUT2D eigenvalue weighted by molar-refractivity contribution is 7.21. The molecule has 1 amide bonds. The number of benzene rings is 3. The summed E-state index contributed by atoms with van der Waals surface area (Å²) in [5.41, 5.74) is 4.16. The van der Waals surface area contributed by atoms with E-state index < -0.39 is 0 Å². The fraction of sp³-hybridized carbons (Fsp3) is 0.154. The average molecular weight is 495 g/mol. The molecule has 33 heavy (non-hydrogen) atoms. The molecule has 0 aliphatic carbocycles. The summed E-state index contributed by atoms with van der Waals surface area (Å²) < 4.78 is 6.81. The van der Waals surface area contributed by atoms with Gasteiger partial charge in [0.1, 0.15) is 10.4 Å². The highest BCUT2D eigenvalue weighted by Crippen LogP contribution is 2.37. The van der Waals surface area contributed by atoms with Crippen LogP contribution in [0.15, 0.2) is 65.1 Å². The number of nitrogens with one attached hydrogen (secondary N) is 1. The maximum absolute atomic E-state index is 12.9. The number of amides is 1. The molecule has 2 heterocycles. The van der Waals surface area contributed by atoms with Gasteiger partial charge in [-0.1, -0.05) is 62.2 Å². The van der Waals surface area contributed by atoms with Gasteiger partial charge in [0.05, 0.1) is 5.02 Å². The van der Waals surface area contributed by atoms with E-state index in [4.69, 9.17) is 27.6 Å². The molecule has 0 atom stereocenters. The fourth-order valence-electron chi connectivity index (χ4n) is 3.61. The van der Waals surface area contributed by atoms with Crippen LogP contribution in [0.5, 0.6) is 0 Å². The summed E-state index contributed by atoms with van der Waals surface area (Å²) in [4.78, 5) is 18.0. The lowest BCUT2D eigenvalue weighted by Gasteiger charge is -2.18. The van der Waals surface area contributed by atoms with Gasteiger partial charge in [0, 0.05) is 26.4 Å². The molecule has 5 aromatic rings. The summed E-state index contributed by atoms with van der Waals surface area (Å²) in [6.45, 7) is 6.54. The molecular formula is C26H20Cl2N2O2S. The number of hydrogen-bond acceptors (Lipinski definition) is 4. The zero-order valence-electron chi connectivity index (χ0n) is 18.2. The lowest BCUT2D eigenvalue weighted by atomic mass is 9.87. The van der Waals surface area contributed by atoms with E-state index in [0.29, 0.717) is 37.6 Å². The minimum Gasteiger partial charge on any atom is -0.436 e. The molecule has 166 valence electrons. The molecule has 0 radical (unpaired) electrons. The molecule has 5 rings (SSSR count). The molecule has 0 aliphatic rings. The molecule has 0 saturated heterocycles. The van der Waals surface area contributed by atoms with Crippen LogP contribution in [0.3, 0.4) is 0 Å². The quantitative estimate of drug-likeness (QED) is 0.273. The number of carbonyl (C=O) groups excluding carboxylic acids is 1. The van der Waals surface area contributed by atoms with E-state index in [-0.39, 0.29) is 11.3 Å². The van der Waals surface area contributed by atoms with E-state index in [0.717, 1.165) is 15.6 Å². The third-order valence-corrected chi connectivity index (χ3v) is 7.33. The van der Waals surface area contributed by atoms with E-state index in [9.17, 15) is 4.79 Å². The van der Waals surface area contributed by atoms with Crippen LogP contribution in [-0.4, -0.2) is 10.9 Å². The van der Waals surface area contributed by atoms with Crippen molar-refractivity contribution in [1.82, 2.24) is 4.98 Å². The predicted octanol–water partition coefficient (Wildman–Crippen LogP) is 8.57. The van der Waals surface area contributed by atoms with E-state index in [1.54, 1.807) is 30.3 Å². The lowest BCUT2D eigenvalue weighted by Crippen LogP contribution is -2.10. The first-order valence-electron chi connectivity index (χ1n) is 10.4. The molecule has 0 aliphatic heterocycles. The summed E-state index contributed by atoms with van der Waals surface area (Å²) in [6, 6.07) is 19.0. The van der Waals surface area contributed by atoms with Gasteiger partial charge in [0.25, 0.3) is 5.91 Å². The van der Waals surface area contributed by atoms with Crippen LogP contribution in [0.2, 0.25) is 10.0 Å². The number of thiophene rings is 1. The Balaban J connectivity index is 1.41. The van der Waals surface area contributed by atoms with Crippen LogP contribution in [-0.2, 0) is 5.41 Å². The van der Waals surface area contributed by atoms with Gasteiger partial charge in [-0.2, -0.15) is 0 Å². The van der Waals surface area contributed by atoms with Crippen LogP contribution in [0.4, 0.5) is 5.69 Å². The maximum Gasteiger partial charge on any atom is 0.267 e. The van der Waals surface area contributed by atoms with Crippen LogP contribution < -0.4 is 5.32 Å². The molecule has 0 bridgehead atoms. The highest BCUT2D eigenvalue weighted by Gasteiger charge is 2.19. The molecule has 2 aromatic heterocycles. The van der Waals surface area contributed by atoms with Gasteiger partial charge in [-0.25, -0.2) is 4.98 Å². The third kappa shape index (κ3) is 4.24. The van der Waals surface area contributed by atoms with Crippen molar-refractivity contribution in [2.24, 2.45) is 0 Å². The summed E-state index contributed by atoms with van der Waals surface area (Å²) >= 11 is 13.8. The third-order valence-electron chi connectivity index (χ3n) is 5.44. The first-order valence-corrected chi connectivity index (χ1v) is 12.0. The summed E-state index contributed by atoms with van der Waals surface area (Å²) in [5, 5.41) is 4.75. The Kier molecular flexibility index (Phi) is 5.44. The molecule has 7 heteroatoms. The van der Waals surface area contributed by atoms with E-state index in [2.05, 4.69) is 43.2 Å². The Morgan fingerprint density at radius 3 is 2.48 bits per heavy atom. The molecule has 0 saturated carbocycles. The molecular weight excluding hydrogens is 475 g/mol. The number of hydrogen-bond donors (Lipinski definition) is 1. The summed E-state index contributed by atoms with van der Waals surface area (Å²) in [7, 11) is 0. The van der Waals surface area contributed by atoms with E-state index in [1.165, 1.54) is 16.9 Å². The number of rotatable bonds is 3. The van der Waals surface area contributed by atoms with Crippen molar-refractivity contribution < 1.29 is 9.21 Å². The Morgan fingerprint density at radius 2 is 1.76 bits per heavy atom. The highest BCUT2D eigenvalue weighted by atomic mass is 35.5. The minimum absolute atomic E-state index is 0.0799. The van der Waals surface area contributed by atoms with Crippen LogP contribution in [0.25, 0.3) is 32.6 Å². The zero-order valence-corrected chi connectivity index (χ0v) is 20.5. The second kappa shape index (κ2) is 8.17. The SMILES string of the molecule is CC(C)(C)c1ccc(-c2nc3cc(NC(=O)c4sc5cc(Cl)ccc5c4Cl)ccc3o2)cc1. The summed E-state index contributed by atoms with van der Waals surface area (Å²) in [6.07, 6.45) is 0. The number of oxazole rings is 1. The lowest BCUT2D eigenvalue weighted by molar-refractivity contribution is 0.103. The van der Waals surface area contributed by atoms with E-state index >= 15 is 0 Å². The minimum atomic E-state index is -0.279. The molecule has 0 unspecified atom stereocenters. The first-order chi connectivity index (χ1) is 15.7. The van der Waals surface area contributed by atoms with Crippen molar-refractivity contribution in [3.63, 3.8) is 0 Å². The van der Waals surface area contributed by atoms with Gasteiger partial charge in [-0.05, 0) is 53.4 Å². The number of anilines is 1. The van der Waals surface area contributed by atoms with Crippen molar-refractivity contribution in [2.75, 3.05) is 5.32 Å². The second-order valence-electron chi connectivity index (χ2n) is 8.87. The standard InChI is InChI=1S/C26H20Cl2N2O2S/c1-26(2,3)15-6-4-14(5-7-15)25-30-19-13-17(9-11-20(19)32-25)29-24(31)23-22(28)18-10-8-16(27)12-21(18)33-23/h4-13H,1-3H3,(H,29,31). The Bertz CT molecular complexity index is 1510. The van der Waals surface area contributed by atoms with Gasteiger partial charge >= 0.3 is 0 Å². The van der Waals surface area contributed by atoms with Crippen LogP contribution in [0, 0.1) is 0 Å². The number of aromatic nitrogens is 1. The Hall–Kier alpha value is -2.86. The molecule has 1 N–H and O–H groups in total. The van der Waals surface area contributed by atoms with Gasteiger partial charge in [-0.3, -0.25) is 4.79 Å². The average Bonchev–Trinajstić information content (AvgIpc) is 3.34. The largest absolute Gasteiger partial charge is 0.436 e. The monoisotopic (exact) mass is 494 g/mol. The zero-order chi connectivity index (χ0) is 23.3. The maximum atomic E-state index is 12.9. The second-order valence-corrected chi connectivity index (χ2v) is 10.7.